The van der Waals surface area contributed by atoms with E-state index in [0.29, 0.717) is 0 Å². The lowest BCUT2D eigenvalue weighted by atomic mass is 9.82. The zero-order valence-electron chi connectivity index (χ0n) is 16.2. The Kier molecular flexibility index (Phi) is 3.84. The zero-order valence-corrected chi connectivity index (χ0v) is 16.2. The van der Waals surface area contributed by atoms with E-state index < -0.39 is 0 Å². The molecule has 0 fully saturated rings. The highest BCUT2D eigenvalue weighted by molar-refractivity contribution is 5.83. The van der Waals surface area contributed by atoms with Crippen molar-refractivity contribution in [3.05, 3.63) is 108 Å². The lowest BCUT2D eigenvalue weighted by Gasteiger charge is -2.22. The van der Waals surface area contributed by atoms with Gasteiger partial charge >= 0.3 is 0 Å². The molecule has 0 saturated heterocycles. The van der Waals surface area contributed by atoms with Gasteiger partial charge in [0.15, 0.2) is 0 Å². The van der Waals surface area contributed by atoms with E-state index in [1.54, 1.807) is 0 Å². The summed E-state index contributed by atoms with van der Waals surface area (Å²) in [5, 5.41) is 3.58. The highest BCUT2D eigenvalue weighted by Crippen LogP contribution is 2.49. The van der Waals surface area contributed by atoms with Crippen molar-refractivity contribution in [2.45, 2.75) is 19.3 Å². The minimum Gasteiger partial charge on any atom is -0.356 e. The molecule has 0 aliphatic heterocycles. The van der Waals surface area contributed by atoms with Crippen molar-refractivity contribution in [1.82, 2.24) is 0 Å². The summed E-state index contributed by atoms with van der Waals surface area (Å²) in [4.78, 5) is 0. The third kappa shape index (κ3) is 2.71. The van der Waals surface area contributed by atoms with Gasteiger partial charge < -0.3 is 5.32 Å². The number of hydrogen-bond acceptors (Lipinski definition) is 1. The summed E-state index contributed by atoms with van der Waals surface area (Å²) in [7, 11) is 0. The van der Waals surface area contributed by atoms with Gasteiger partial charge in [-0.2, -0.15) is 0 Å². The summed E-state index contributed by atoms with van der Waals surface area (Å²) in [5.41, 5.74) is 10.3. The van der Waals surface area contributed by atoms with Crippen LogP contribution in [0.4, 0.5) is 11.4 Å². The van der Waals surface area contributed by atoms with Crippen molar-refractivity contribution in [3.8, 4) is 22.3 Å². The SMILES string of the molecule is CC1(C)c2ccccc2-c2ccc(Nc3ccc(-c4ccccc4)cc3)cc21. The van der Waals surface area contributed by atoms with Crippen molar-refractivity contribution in [3.63, 3.8) is 0 Å². The first-order valence-electron chi connectivity index (χ1n) is 9.80. The lowest BCUT2D eigenvalue weighted by molar-refractivity contribution is 0.660. The molecule has 0 spiro atoms. The smallest absolute Gasteiger partial charge is 0.0387 e. The van der Waals surface area contributed by atoms with Crippen LogP contribution in [0.15, 0.2) is 97.1 Å². The van der Waals surface area contributed by atoms with E-state index in [9.17, 15) is 0 Å². The van der Waals surface area contributed by atoms with E-state index in [0.717, 1.165) is 11.4 Å². The molecule has 136 valence electrons. The molecule has 0 unspecified atom stereocenters. The summed E-state index contributed by atoms with van der Waals surface area (Å²) < 4.78 is 0. The summed E-state index contributed by atoms with van der Waals surface area (Å²) in [5.74, 6) is 0. The number of anilines is 2. The van der Waals surface area contributed by atoms with Gasteiger partial charge in [0, 0.05) is 16.8 Å². The Morgan fingerprint density at radius 2 is 1.14 bits per heavy atom. The maximum absolute atomic E-state index is 3.58. The Bertz CT molecular complexity index is 1140. The molecular formula is C27H23N. The molecule has 28 heavy (non-hydrogen) atoms. The Hall–Kier alpha value is -3.32. The third-order valence-corrected chi connectivity index (χ3v) is 5.86. The number of nitrogens with one attached hydrogen (secondary N) is 1. The van der Waals surface area contributed by atoms with Gasteiger partial charge in [-0.15, -0.1) is 0 Å². The molecule has 1 N–H and O–H groups in total. The maximum Gasteiger partial charge on any atom is 0.0387 e. The van der Waals surface area contributed by atoms with E-state index in [4.69, 9.17) is 0 Å². The first-order valence-corrected chi connectivity index (χ1v) is 9.80. The Morgan fingerprint density at radius 1 is 0.536 bits per heavy atom. The second-order valence-electron chi connectivity index (χ2n) is 8.00. The summed E-state index contributed by atoms with van der Waals surface area (Å²) >= 11 is 0. The van der Waals surface area contributed by atoms with Crippen molar-refractivity contribution in [1.29, 1.82) is 0 Å². The van der Waals surface area contributed by atoms with Crippen LogP contribution in [0.3, 0.4) is 0 Å². The van der Waals surface area contributed by atoms with E-state index in [-0.39, 0.29) is 5.41 Å². The lowest BCUT2D eigenvalue weighted by Crippen LogP contribution is -2.15. The fourth-order valence-electron chi connectivity index (χ4n) is 4.33. The molecule has 0 amide bonds. The number of fused-ring (bicyclic) bond motifs is 3. The minimum absolute atomic E-state index is 0.0286. The molecule has 4 aromatic rings. The minimum atomic E-state index is 0.0286. The molecule has 0 aromatic heterocycles. The predicted molar refractivity (Wildman–Crippen MR) is 119 cm³/mol. The molecule has 5 rings (SSSR count). The molecule has 1 heteroatoms. The third-order valence-electron chi connectivity index (χ3n) is 5.86. The largest absolute Gasteiger partial charge is 0.356 e. The molecule has 1 aliphatic rings. The van der Waals surface area contributed by atoms with E-state index >= 15 is 0 Å². The Labute approximate surface area is 166 Å². The highest BCUT2D eigenvalue weighted by atomic mass is 14.9. The van der Waals surface area contributed by atoms with Gasteiger partial charge in [0.05, 0.1) is 0 Å². The molecule has 1 aliphatic carbocycles. The normalized spacial score (nSPS) is 13.6. The number of rotatable bonds is 3. The second kappa shape index (κ2) is 6.38. The van der Waals surface area contributed by atoms with Crippen LogP contribution in [0.5, 0.6) is 0 Å². The Balaban J connectivity index is 1.44. The quantitative estimate of drug-likeness (QED) is 0.401. The molecule has 0 radical (unpaired) electrons. The first-order chi connectivity index (χ1) is 13.6. The van der Waals surface area contributed by atoms with Gasteiger partial charge in [-0.25, -0.2) is 0 Å². The average molecular weight is 361 g/mol. The van der Waals surface area contributed by atoms with Gasteiger partial charge in [0.1, 0.15) is 0 Å². The van der Waals surface area contributed by atoms with E-state index in [1.165, 1.54) is 33.4 Å². The van der Waals surface area contributed by atoms with Crippen LogP contribution in [-0.4, -0.2) is 0 Å². The molecular weight excluding hydrogens is 338 g/mol. The van der Waals surface area contributed by atoms with Crippen LogP contribution in [0.1, 0.15) is 25.0 Å². The average Bonchev–Trinajstić information content (AvgIpc) is 2.97. The van der Waals surface area contributed by atoms with E-state index in [1.807, 2.05) is 6.07 Å². The zero-order chi connectivity index (χ0) is 19.1. The van der Waals surface area contributed by atoms with Gasteiger partial charge in [-0.3, -0.25) is 0 Å². The summed E-state index contributed by atoms with van der Waals surface area (Å²) in [6, 6.07) is 34.6. The molecule has 4 aromatic carbocycles. The van der Waals surface area contributed by atoms with Crippen LogP contribution < -0.4 is 5.32 Å². The number of benzene rings is 4. The van der Waals surface area contributed by atoms with Crippen molar-refractivity contribution < 1.29 is 0 Å². The second-order valence-corrected chi connectivity index (χ2v) is 8.00. The Morgan fingerprint density at radius 3 is 1.93 bits per heavy atom. The molecule has 1 nitrogen and oxygen atoms in total. The van der Waals surface area contributed by atoms with Crippen LogP contribution >= 0.6 is 0 Å². The maximum atomic E-state index is 3.58. The fourth-order valence-corrected chi connectivity index (χ4v) is 4.33. The van der Waals surface area contributed by atoms with Crippen LogP contribution in [-0.2, 0) is 5.41 Å². The molecule has 0 heterocycles. The number of hydrogen-bond donors (Lipinski definition) is 1. The van der Waals surface area contributed by atoms with E-state index in [2.05, 4.69) is 110 Å². The molecule has 0 bridgehead atoms. The van der Waals surface area contributed by atoms with Crippen molar-refractivity contribution in [2.24, 2.45) is 0 Å². The predicted octanol–water partition coefficient (Wildman–Crippen LogP) is 7.40. The fraction of sp³-hybridized carbons (Fsp3) is 0.111. The summed E-state index contributed by atoms with van der Waals surface area (Å²) in [6.07, 6.45) is 0. The van der Waals surface area contributed by atoms with Crippen LogP contribution in [0.2, 0.25) is 0 Å². The van der Waals surface area contributed by atoms with Crippen molar-refractivity contribution >= 4 is 11.4 Å². The summed E-state index contributed by atoms with van der Waals surface area (Å²) in [6.45, 7) is 4.63. The first kappa shape index (κ1) is 16.8. The van der Waals surface area contributed by atoms with Crippen LogP contribution in [0.25, 0.3) is 22.3 Å². The van der Waals surface area contributed by atoms with Gasteiger partial charge in [-0.05, 0) is 57.6 Å². The van der Waals surface area contributed by atoms with Crippen LogP contribution in [0, 0.1) is 0 Å². The molecule has 0 atom stereocenters. The van der Waals surface area contributed by atoms with Gasteiger partial charge in [-0.1, -0.05) is 86.6 Å². The molecule has 0 saturated carbocycles. The van der Waals surface area contributed by atoms with Gasteiger partial charge in [0.25, 0.3) is 0 Å². The standard InChI is InChI=1S/C27H23N/c1-27(2)25-11-7-6-10-23(25)24-17-16-22(18-26(24)27)28-21-14-12-20(13-15-21)19-8-4-3-5-9-19/h3-18,28H,1-2H3. The highest BCUT2D eigenvalue weighted by Gasteiger charge is 2.35. The van der Waals surface area contributed by atoms with Gasteiger partial charge in [0.2, 0.25) is 0 Å². The topological polar surface area (TPSA) is 12.0 Å². The van der Waals surface area contributed by atoms with Crippen molar-refractivity contribution in [2.75, 3.05) is 5.32 Å². The monoisotopic (exact) mass is 361 g/mol.